The van der Waals surface area contributed by atoms with E-state index < -0.39 is 0 Å². The Morgan fingerprint density at radius 1 is 1.11 bits per heavy atom. The van der Waals surface area contributed by atoms with Gasteiger partial charge in [0, 0.05) is 30.0 Å². The van der Waals surface area contributed by atoms with Gasteiger partial charge in [-0.3, -0.25) is 23.7 Å². The number of carbonyl (C=O) groups excluding carboxylic acids is 1. The van der Waals surface area contributed by atoms with E-state index in [4.69, 9.17) is 4.99 Å². The number of carbonyl (C=O) groups is 1. The van der Waals surface area contributed by atoms with Crippen LogP contribution >= 0.6 is 0 Å². The normalized spacial score (nSPS) is 13.6. The molecule has 1 aliphatic rings. The van der Waals surface area contributed by atoms with Crippen molar-refractivity contribution in [3.05, 3.63) is 85.8 Å². The second-order valence-corrected chi connectivity index (χ2v) is 9.34. The molecule has 0 spiro atoms. The van der Waals surface area contributed by atoms with Crippen molar-refractivity contribution in [3.8, 4) is 0 Å². The average Bonchev–Trinajstić information content (AvgIpc) is 3.74. The lowest BCUT2D eigenvalue weighted by Gasteiger charge is -2.16. The number of benzene rings is 1. The number of hydrogen-bond donors (Lipinski definition) is 2. The molecule has 4 rings (SSSR count). The number of pyridine rings is 1. The third-order valence-electron chi connectivity index (χ3n) is 6.38. The Morgan fingerprint density at radius 3 is 2.41 bits per heavy atom. The van der Waals surface area contributed by atoms with Gasteiger partial charge in [-0.25, -0.2) is 9.79 Å². The van der Waals surface area contributed by atoms with E-state index in [2.05, 4.69) is 10.3 Å². The molecule has 0 unspecified atom stereocenters. The van der Waals surface area contributed by atoms with E-state index in [1.165, 1.54) is 4.57 Å². The molecule has 0 aliphatic heterocycles. The number of aliphatic hydroxyl groups is 1. The van der Waals surface area contributed by atoms with Crippen LogP contribution in [0.2, 0.25) is 0 Å². The molecule has 1 saturated carbocycles. The molecule has 1 amide bonds. The minimum absolute atomic E-state index is 0.00884. The molecule has 2 heterocycles. The highest BCUT2D eigenvalue weighted by atomic mass is 16.3. The van der Waals surface area contributed by atoms with Gasteiger partial charge in [-0.15, -0.1) is 0 Å². The average molecular weight is 504 g/mol. The molecule has 0 bridgehead atoms. The predicted octanol–water partition coefficient (Wildman–Crippen LogP) is 4.12. The van der Waals surface area contributed by atoms with Crippen LogP contribution in [-0.4, -0.2) is 30.8 Å². The first-order valence-corrected chi connectivity index (χ1v) is 12.8. The maximum absolute atomic E-state index is 13.2. The zero-order chi connectivity index (χ0) is 26.5. The Hall–Kier alpha value is -3.85. The van der Waals surface area contributed by atoms with Gasteiger partial charge in [0.2, 0.25) is 0 Å². The fraction of sp³-hybridized carbons (Fsp3) is 0.393. The van der Waals surface area contributed by atoms with Crippen LogP contribution in [0.15, 0.2) is 57.2 Å². The predicted molar refractivity (Wildman–Crippen MR) is 144 cm³/mol. The van der Waals surface area contributed by atoms with Crippen molar-refractivity contribution in [1.29, 1.82) is 0 Å². The number of nitrogens with one attached hydrogen (secondary N) is 1. The van der Waals surface area contributed by atoms with Crippen molar-refractivity contribution in [2.75, 3.05) is 5.32 Å². The summed E-state index contributed by atoms with van der Waals surface area (Å²) in [4.78, 5) is 48.1. The Labute approximate surface area is 215 Å². The second kappa shape index (κ2) is 11.5. The van der Waals surface area contributed by atoms with Gasteiger partial charge in [0.25, 0.3) is 11.5 Å². The Morgan fingerprint density at radius 2 is 1.84 bits per heavy atom. The van der Waals surface area contributed by atoms with E-state index in [0.29, 0.717) is 35.7 Å². The first-order chi connectivity index (χ1) is 17.9. The minimum Gasteiger partial charge on any atom is -0.392 e. The zero-order valence-electron chi connectivity index (χ0n) is 21.5. The van der Waals surface area contributed by atoms with Crippen molar-refractivity contribution in [3.63, 3.8) is 0 Å². The molecule has 3 aromatic rings. The number of nitrogens with zero attached hydrogens (tertiary/aromatic N) is 4. The van der Waals surface area contributed by atoms with E-state index in [1.54, 1.807) is 54.1 Å². The first kappa shape index (κ1) is 26.2. The van der Waals surface area contributed by atoms with Crippen molar-refractivity contribution in [2.45, 2.75) is 72.1 Å². The van der Waals surface area contributed by atoms with Crippen LogP contribution in [0.3, 0.4) is 0 Å². The summed E-state index contributed by atoms with van der Waals surface area (Å²) in [7, 11) is 0. The van der Waals surface area contributed by atoms with E-state index in [9.17, 15) is 19.5 Å². The maximum atomic E-state index is 13.2. The highest BCUT2D eigenvalue weighted by molar-refractivity contribution is 6.05. The number of hydrogen-bond acceptors (Lipinski definition) is 6. The summed E-state index contributed by atoms with van der Waals surface area (Å²) in [5.74, 6) is 0.0407. The van der Waals surface area contributed by atoms with Crippen LogP contribution in [0, 0.1) is 6.92 Å². The molecule has 37 heavy (non-hydrogen) atoms. The largest absolute Gasteiger partial charge is 0.392 e. The van der Waals surface area contributed by atoms with Gasteiger partial charge in [0.15, 0.2) is 0 Å². The van der Waals surface area contributed by atoms with Crippen LogP contribution < -0.4 is 16.6 Å². The molecular formula is C28H33N5O4. The maximum Gasteiger partial charge on any atom is 0.332 e. The molecule has 194 valence electrons. The van der Waals surface area contributed by atoms with Gasteiger partial charge in [-0.1, -0.05) is 32.4 Å². The summed E-state index contributed by atoms with van der Waals surface area (Å²) in [5.41, 5.74) is 2.93. The lowest BCUT2D eigenvalue weighted by molar-refractivity contribution is 0.102. The number of amides is 1. The third kappa shape index (κ3) is 5.77. The lowest BCUT2D eigenvalue weighted by Crippen LogP contribution is -2.40. The molecule has 9 heteroatoms. The van der Waals surface area contributed by atoms with Crippen LogP contribution in [0.4, 0.5) is 11.5 Å². The summed E-state index contributed by atoms with van der Waals surface area (Å²) in [6.45, 7) is 6.16. The van der Waals surface area contributed by atoms with Gasteiger partial charge in [-0.2, -0.15) is 0 Å². The number of rotatable bonds is 10. The standard InChI is InChI=1S/C28H33N5O4/c1-4-6-23(31-25-18(3)27(36)33(22-12-13-22)28(37)32(25)15-5-2)20-9-14-24(29-16-20)26(35)30-21-10-7-19(17-34)8-11-21/h7-11,14,16,22,34H,4-6,12-13,15,17H2,1-3H3,(H,30,35). The van der Waals surface area contributed by atoms with Crippen LogP contribution in [0.25, 0.3) is 0 Å². The fourth-order valence-corrected chi connectivity index (χ4v) is 4.23. The molecule has 0 saturated heterocycles. The summed E-state index contributed by atoms with van der Waals surface area (Å²) >= 11 is 0. The molecule has 9 nitrogen and oxygen atoms in total. The molecule has 0 atom stereocenters. The molecular weight excluding hydrogens is 470 g/mol. The van der Waals surface area contributed by atoms with Crippen molar-refractivity contribution in [1.82, 2.24) is 14.1 Å². The summed E-state index contributed by atoms with van der Waals surface area (Å²) < 4.78 is 3.00. The van der Waals surface area contributed by atoms with E-state index in [1.807, 2.05) is 13.8 Å². The molecule has 2 N–H and O–H groups in total. The van der Waals surface area contributed by atoms with E-state index >= 15 is 0 Å². The van der Waals surface area contributed by atoms with Gasteiger partial charge >= 0.3 is 5.69 Å². The number of aliphatic imine (C=N–C) groups is 1. The summed E-state index contributed by atoms with van der Waals surface area (Å²) in [5, 5.41) is 12.0. The smallest absolute Gasteiger partial charge is 0.332 e. The number of anilines is 1. The van der Waals surface area contributed by atoms with Gasteiger partial charge in [0.05, 0.1) is 17.9 Å². The van der Waals surface area contributed by atoms with E-state index in [0.717, 1.165) is 36.8 Å². The van der Waals surface area contributed by atoms with Crippen molar-refractivity contribution in [2.24, 2.45) is 4.99 Å². The topological polar surface area (TPSA) is 119 Å². The molecule has 1 aliphatic carbocycles. The van der Waals surface area contributed by atoms with Gasteiger partial charge in [-0.05, 0) is 62.4 Å². The molecule has 2 aromatic heterocycles. The molecule has 1 aromatic carbocycles. The fourth-order valence-electron chi connectivity index (χ4n) is 4.23. The van der Waals surface area contributed by atoms with Gasteiger partial charge < -0.3 is 10.4 Å². The second-order valence-electron chi connectivity index (χ2n) is 9.34. The minimum atomic E-state index is -0.353. The van der Waals surface area contributed by atoms with Crippen molar-refractivity contribution < 1.29 is 9.90 Å². The molecule has 0 radical (unpaired) electrons. The summed E-state index contributed by atoms with van der Waals surface area (Å²) in [6.07, 6.45) is 5.47. The lowest BCUT2D eigenvalue weighted by atomic mass is 10.1. The quantitative estimate of drug-likeness (QED) is 0.404. The first-order valence-electron chi connectivity index (χ1n) is 12.8. The number of aromatic nitrogens is 3. The summed E-state index contributed by atoms with van der Waals surface area (Å²) in [6, 6.07) is 10.3. The van der Waals surface area contributed by atoms with Crippen LogP contribution in [-0.2, 0) is 13.2 Å². The monoisotopic (exact) mass is 503 g/mol. The van der Waals surface area contributed by atoms with Crippen LogP contribution in [0.5, 0.6) is 0 Å². The highest BCUT2D eigenvalue weighted by Gasteiger charge is 2.29. The Balaban J connectivity index is 1.66. The highest BCUT2D eigenvalue weighted by Crippen LogP contribution is 2.33. The third-order valence-corrected chi connectivity index (χ3v) is 6.38. The zero-order valence-corrected chi connectivity index (χ0v) is 21.5. The Bertz CT molecular complexity index is 1420. The Kier molecular flexibility index (Phi) is 8.13. The van der Waals surface area contributed by atoms with Crippen molar-refractivity contribution >= 4 is 23.1 Å². The number of aliphatic hydroxyl groups excluding tert-OH is 1. The van der Waals surface area contributed by atoms with Gasteiger partial charge in [0.1, 0.15) is 11.5 Å². The SMILES string of the molecule is CCCC(=Nc1c(C)c(=O)n(C2CC2)c(=O)n1CCC)c1ccc(C(=O)Nc2ccc(CO)cc2)nc1. The van der Waals surface area contributed by atoms with Crippen LogP contribution in [0.1, 0.15) is 79.2 Å². The van der Waals surface area contributed by atoms with E-state index in [-0.39, 0.29) is 35.5 Å². The molecule has 1 fully saturated rings.